The van der Waals surface area contributed by atoms with E-state index in [0.717, 1.165) is 13.1 Å². The topological polar surface area (TPSA) is 49.9 Å². The molecule has 2 fully saturated rings. The third-order valence-corrected chi connectivity index (χ3v) is 3.02. The lowest BCUT2D eigenvalue weighted by Gasteiger charge is -2.30. The van der Waals surface area contributed by atoms with Gasteiger partial charge in [-0.1, -0.05) is 0 Å². The molecule has 0 aliphatic carbocycles. The van der Waals surface area contributed by atoms with Crippen molar-refractivity contribution < 1.29 is 14.3 Å². The summed E-state index contributed by atoms with van der Waals surface area (Å²) in [6, 6.07) is -0.235. The zero-order chi connectivity index (χ0) is 10.8. The number of ether oxygens (including phenoxy) is 1. The Bertz CT molecular complexity index is 274. The van der Waals surface area contributed by atoms with Crippen LogP contribution in [-0.2, 0) is 14.3 Å². The standard InChI is InChI=1S/C10H16N2O3/c1-2-12-9(13)7-8(10(12)14)11-3-5-15-6-4-11/h8H,2-7H2,1H3/t8-/m0/s1. The monoisotopic (exact) mass is 212 g/mol. The van der Waals surface area contributed by atoms with E-state index in [9.17, 15) is 9.59 Å². The molecule has 0 N–H and O–H groups in total. The molecule has 2 aliphatic heterocycles. The Kier molecular flexibility index (Phi) is 3.02. The minimum Gasteiger partial charge on any atom is -0.379 e. The first-order valence-electron chi connectivity index (χ1n) is 5.40. The number of morpholine rings is 1. The largest absolute Gasteiger partial charge is 0.379 e. The molecule has 0 aromatic carbocycles. The molecule has 84 valence electrons. The van der Waals surface area contributed by atoms with Gasteiger partial charge in [0.25, 0.3) is 0 Å². The van der Waals surface area contributed by atoms with Gasteiger partial charge in [0.05, 0.1) is 25.7 Å². The SMILES string of the molecule is CCN1C(=O)C[C@H](N2CCOCC2)C1=O. The molecule has 15 heavy (non-hydrogen) atoms. The number of hydrogen-bond acceptors (Lipinski definition) is 4. The Hall–Kier alpha value is -0.940. The van der Waals surface area contributed by atoms with Crippen LogP contribution in [0.15, 0.2) is 0 Å². The zero-order valence-electron chi connectivity index (χ0n) is 8.94. The molecule has 0 radical (unpaired) electrons. The van der Waals surface area contributed by atoms with Crippen LogP contribution in [-0.4, -0.2) is 60.5 Å². The third kappa shape index (κ3) is 1.89. The van der Waals surface area contributed by atoms with Crippen molar-refractivity contribution >= 4 is 11.8 Å². The summed E-state index contributed by atoms with van der Waals surface area (Å²) in [5.41, 5.74) is 0. The van der Waals surface area contributed by atoms with Crippen LogP contribution >= 0.6 is 0 Å². The number of nitrogens with zero attached hydrogens (tertiary/aromatic N) is 2. The van der Waals surface area contributed by atoms with E-state index in [-0.39, 0.29) is 17.9 Å². The molecule has 0 unspecified atom stereocenters. The molecular formula is C10H16N2O3. The van der Waals surface area contributed by atoms with Crippen LogP contribution in [0.25, 0.3) is 0 Å². The molecule has 2 rings (SSSR count). The maximum atomic E-state index is 11.9. The summed E-state index contributed by atoms with van der Waals surface area (Å²) in [4.78, 5) is 26.8. The average Bonchev–Trinajstić information content (AvgIpc) is 2.55. The Labute approximate surface area is 89.0 Å². The summed E-state index contributed by atoms with van der Waals surface area (Å²) in [6.45, 7) is 5.13. The molecule has 1 atom stereocenters. The highest BCUT2D eigenvalue weighted by Crippen LogP contribution is 2.19. The minimum atomic E-state index is -0.235. The van der Waals surface area contributed by atoms with Crippen molar-refractivity contribution in [1.29, 1.82) is 0 Å². The molecule has 0 aromatic rings. The quantitative estimate of drug-likeness (QED) is 0.577. The molecule has 0 saturated carbocycles. The highest BCUT2D eigenvalue weighted by Gasteiger charge is 2.41. The fraction of sp³-hybridized carbons (Fsp3) is 0.800. The van der Waals surface area contributed by atoms with Crippen molar-refractivity contribution in [3.05, 3.63) is 0 Å². The first-order valence-corrected chi connectivity index (χ1v) is 5.40. The van der Waals surface area contributed by atoms with Crippen molar-refractivity contribution in [3.8, 4) is 0 Å². The number of carbonyl (C=O) groups is 2. The predicted octanol–water partition coefficient (Wildman–Crippen LogP) is -0.534. The van der Waals surface area contributed by atoms with Crippen molar-refractivity contribution in [2.75, 3.05) is 32.8 Å². The predicted molar refractivity (Wildman–Crippen MR) is 53.2 cm³/mol. The fourth-order valence-electron chi connectivity index (χ4n) is 2.17. The van der Waals surface area contributed by atoms with Gasteiger partial charge in [-0.2, -0.15) is 0 Å². The van der Waals surface area contributed by atoms with E-state index in [1.807, 2.05) is 6.92 Å². The van der Waals surface area contributed by atoms with Crippen LogP contribution in [0.4, 0.5) is 0 Å². The highest BCUT2D eigenvalue weighted by molar-refractivity contribution is 6.05. The zero-order valence-corrected chi connectivity index (χ0v) is 8.94. The second kappa shape index (κ2) is 4.28. The van der Waals surface area contributed by atoms with Crippen molar-refractivity contribution in [1.82, 2.24) is 9.80 Å². The van der Waals surface area contributed by atoms with Gasteiger partial charge in [-0.3, -0.25) is 19.4 Å². The molecule has 5 heteroatoms. The summed E-state index contributed by atoms with van der Waals surface area (Å²) in [5, 5.41) is 0. The molecule has 5 nitrogen and oxygen atoms in total. The summed E-state index contributed by atoms with van der Waals surface area (Å²) >= 11 is 0. The maximum Gasteiger partial charge on any atom is 0.247 e. The van der Waals surface area contributed by atoms with Gasteiger partial charge < -0.3 is 4.74 Å². The van der Waals surface area contributed by atoms with E-state index < -0.39 is 0 Å². The molecule has 2 amide bonds. The summed E-state index contributed by atoms with van der Waals surface area (Å²) in [7, 11) is 0. The Morgan fingerprint density at radius 3 is 2.53 bits per heavy atom. The molecule has 2 heterocycles. The normalized spacial score (nSPS) is 28.9. The lowest BCUT2D eigenvalue weighted by atomic mass is 10.2. The Balaban J connectivity index is 2.04. The van der Waals surface area contributed by atoms with E-state index in [2.05, 4.69) is 4.90 Å². The van der Waals surface area contributed by atoms with Crippen LogP contribution in [0.5, 0.6) is 0 Å². The van der Waals surface area contributed by atoms with Gasteiger partial charge in [0, 0.05) is 19.6 Å². The summed E-state index contributed by atoms with van der Waals surface area (Å²) in [5.74, 6) is -0.0802. The first-order chi connectivity index (χ1) is 7.24. The number of hydrogen-bond donors (Lipinski definition) is 0. The maximum absolute atomic E-state index is 11.9. The van der Waals surface area contributed by atoms with Gasteiger partial charge in [-0.15, -0.1) is 0 Å². The summed E-state index contributed by atoms with van der Waals surface area (Å²) < 4.78 is 5.22. The van der Waals surface area contributed by atoms with E-state index >= 15 is 0 Å². The van der Waals surface area contributed by atoms with Crippen LogP contribution in [0, 0.1) is 0 Å². The number of carbonyl (C=O) groups excluding carboxylic acids is 2. The second-order valence-electron chi connectivity index (χ2n) is 3.84. The summed E-state index contributed by atoms with van der Waals surface area (Å²) in [6.07, 6.45) is 0.340. The fourth-order valence-corrected chi connectivity index (χ4v) is 2.17. The smallest absolute Gasteiger partial charge is 0.247 e. The molecule has 0 bridgehead atoms. The van der Waals surface area contributed by atoms with Crippen molar-refractivity contribution in [2.24, 2.45) is 0 Å². The van der Waals surface area contributed by atoms with Crippen LogP contribution in [0.1, 0.15) is 13.3 Å². The van der Waals surface area contributed by atoms with Crippen LogP contribution < -0.4 is 0 Å². The van der Waals surface area contributed by atoms with Gasteiger partial charge in [-0.25, -0.2) is 0 Å². The molecule has 2 saturated heterocycles. The lowest BCUT2D eigenvalue weighted by molar-refractivity contribution is -0.139. The van der Waals surface area contributed by atoms with E-state index in [0.29, 0.717) is 26.2 Å². The van der Waals surface area contributed by atoms with E-state index in [1.165, 1.54) is 4.90 Å². The van der Waals surface area contributed by atoms with Gasteiger partial charge >= 0.3 is 0 Å². The van der Waals surface area contributed by atoms with Crippen LogP contribution in [0.2, 0.25) is 0 Å². The molecule has 2 aliphatic rings. The number of likely N-dealkylation sites (tertiary alicyclic amines) is 1. The molecule has 0 spiro atoms. The van der Waals surface area contributed by atoms with Gasteiger partial charge in [0.1, 0.15) is 0 Å². The lowest BCUT2D eigenvalue weighted by Crippen LogP contribution is -2.47. The number of likely N-dealkylation sites (N-methyl/N-ethyl adjacent to an activating group) is 1. The Morgan fingerprint density at radius 2 is 2.00 bits per heavy atom. The first kappa shape index (κ1) is 10.6. The van der Waals surface area contributed by atoms with E-state index in [1.54, 1.807) is 0 Å². The van der Waals surface area contributed by atoms with Gasteiger partial charge in [-0.05, 0) is 6.92 Å². The molecule has 0 aromatic heterocycles. The van der Waals surface area contributed by atoms with Gasteiger partial charge in [0.2, 0.25) is 11.8 Å². The number of rotatable bonds is 2. The number of imide groups is 1. The average molecular weight is 212 g/mol. The van der Waals surface area contributed by atoms with Crippen LogP contribution in [0.3, 0.4) is 0 Å². The molecular weight excluding hydrogens is 196 g/mol. The minimum absolute atomic E-state index is 0.0376. The van der Waals surface area contributed by atoms with E-state index in [4.69, 9.17) is 4.74 Å². The van der Waals surface area contributed by atoms with Crippen molar-refractivity contribution in [3.63, 3.8) is 0 Å². The second-order valence-corrected chi connectivity index (χ2v) is 3.84. The van der Waals surface area contributed by atoms with Crippen molar-refractivity contribution in [2.45, 2.75) is 19.4 Å². The van der Waals surface area contributed by atoms with Gasteiger partial charge in [0.15, 0.2) is 0 Å². The number of amides is 2. The third-order valence-electron chi connectivity index (χ3n) is 3.02. The highest BCUT2D eigenvalue weighted by atomic mass is 16.5. The Morgan fingerprint density at radius 1 is 1.33 bits per heavy atom.